The molecule has 7 nitrogen and oxygen atoms in total. The minimum atomic E-state index is -1.05. The number of fused-ring (bicyclic) bond motifs is 1. The molecule has 0 aliphatic carbocycles. The minimum absolute atomic E-state index is 0.0564. The Bertz CT molecular complexity index is 1300. The Labute approximate surface area is 207 Å². The highest BCUT2D eigenvalue weighted by Gasteiger charge is 2.43. The van der Waals surface area contributed by atoms with Crippen LogP contribution < -0.4 is 10.9 Å². The monoisotopic (exact) mass is 498 g/mol. The van der Waals surface area contributed by atoms with E-state index >= 15 is 0 Å². The van der Waals surface area contributed by atoms with E-state index in [9.17, 15) is 14.4 Å². The topological polar surface area (TPSA) is 84.3 Å². The summed E-state index contributed by atoms with van der Waals surface area (Å²) in [4.78, 5) is 45.9. The number of carbonyl (C=O) groups is 2. The molecule has 1 aromatic heterocycles. The van der Waals surface area contributed by atoms with Gasteiger partial charge in [0.25, 0.3) is 5.56 Å². The Morgan fingerprint density at radius 1 is 1.24 bits per heavy atom. The van der Waals surface area contributed by atoms with Gasteiger partial charge in [0.1, 0.15) is 4.75 Å². The van der Waals surface area contributed by atoms with Crippen molar-refractivity contribution in [3.63, 3.8) is 0 Å². The van der Waals surface area contributed by atoms with E-state index in [1.807, 2.05) is 44.2 Å². The van der Waals surface area contributed by atoms with Crippen LogP contribution in [0.3, 0.4) is 0 Å². The van der Waals surface area contributed by atoms with Crippen LogP contribution in [0.1, 0.15) is 25.8 Å². The van der Waals surface area contributed by atoms with Gasteiger partial charge in [-0.25, -0.2) is 4.98 Å². The van der Waals surface area contributed by atoms with Crippen molar-refractivity contribution in [3.8, 4) is 0 Å². The first kappa shape index (κ1) is 24.3. The van der Waals surface area contributed by atoms with Crippen molar-refractivity contribution in [2.24, 2.45) is 5.92 Å². The summed E-state index contributed by atoms with van der Waals surface area (Å²) >= 11 is 7.38. The van der Waals surface area contributed by atoms with E-state index in [0.29, 0.717) is 47.1 Å². The first-order chi connectivity index (χ1) is 16.3. The van der Waals surface area contributed by atoms with Gasteiger partial charge in [0, 0.05) is 31.7 Å². The maximum Gasteiger partial charge on any atom is 0.262 e. The quantitative estimate of drug-likeness (QED) is 0.414. The van der Waals surface area contributed by atoms with Crippen LogP contribution in [0.5, 0.6) is 0 Å². The Hall–Kier alpha value is -2.84. The highest BCUT2D eigenvalue weighted by Crippen LogP contribution is 2.43. The van der Waals surface area contributed by atoms with Crippen LogP contribution in [0.4, 0.5) is 0 Å². The smallest absolute Gasteiger partial charge is 0.262 e. The van der Waals surface area contributed by atoms with E-state index < -0.39 is 4.75 Å². The number of hydrogen-bond donors (Lipinski definition) is 1. The van der Waals surface area contributed by atoms with Gasteiger partial charge in [0.2, 0.25) is 11.8 Å². The predicted molar refractivity (Wildman–Crippen MR) is 135 cm³/mol. The molecule has 1 unspecified atom stereocenters. The van der Waals surface area contributed by atoms with Crippen LogP contribution in [-0.2, 0) is 20.9 Å². The summed E-state index contributed by atoms with van der Waals surface area (Å²) in [6, 6.07) is 14.5. The van der Waals surface area contributed by atoms with Crippen LogP contribution in [0.15, 0.2) is 58.5 Å². The number of carbonyl (C=O) groups excluding carboxylic acids is 2. The maximum atomic E-state index is 14.0. The zero-order valence-electron chi connectivity index (χ0n) is 19.4. The van der Waals surface area contributed by atoms with Crippen LogP contribution in [0.2, 0.25) is 5.02 Å². The lowest BCUT2D eigenvalue weighted by Gasteiger charge is -2.33. The third-order valence-corrected chi connectivity index (χ3v) is 7.87. The van der Waals surface area contributed by atoms with E-state index in [-0.39, 0.29) is 23.3 Å². The molecular weight excluding hydrogens is 472 g/mol. The average Bonchev–Trinajstić information content (AvgIpc) is 3.34. The third kappa shape index (κ3) is 4.44. The molecule has 3 aromatic rings. The predicted octanol–water partition coefficient (Wildman–Crippen LogP) is 3.67. The summed E-state index contributed by atoms with van der Waals surface area (Å²) in [6.07, 6.45) is 0.621. The maximum absolute atomic E-state index is 14.0. The summed E-state index contributed by atoms with van der Waals surface area (Å²) in [6.45, 7) is 5.01. The van der Waals surface area contributed by atoms with Gasteiger partial charge in [-0.1, -0.05) is 53.7 Å². The van der Waals surface area contributed by atoms with E-state index in [4.69, 9.17) is 16.6 Å². The molecule has 9 heteroatoms. The summed E-state index contributed by atoms with van der Waals surface area (Å²) in [5.41, 5.74) is 1.15. The molecule has 2 heterocycles. The molecule has 4 rings (SSSR count). The van der Waals surface area contributed by atoms with Crippen molar-refractivity contribution in [1.29, 1.82) is 0 Å². The first-order valence-corrected chi connectivity index (χ1v) is 12.4. The Morgan fingerprint density at radius 3 is 2.65 bits per heavy atom. The molecule has 1 saturated heterocycles. The summed E-state index contributed by atoms with van der Waals surface area (Å²) in [5.74, 6) is -0.390. The molecule has 2 atom stereocenters. The standard InChI is InChI=1S/C25H27ClN4O3S/c1-4-30-22(32)19-14-18(26)10-11-20(19)28-24(30)34-25(2,17-8-6-5-7-9-17)23(33)29-13-12-16(15-29)21(31)27-3/h5-11,14,16H,4,12-13,15H2,1-3H3,(H,27,31)/t16-,25?/m0/s1. The second-order valence-corrected chi connectivity index (χ2v) is 10.3. The number of nitrogens with one attached hydrogen (secondary N) is 1. The number of likely N-dealkylation sites (tertiary alicyclic amines) is 1. The normalized spacial score (nSPS) is 17.5. The number of halogens is 1. The van der Waals surface area contributed by atoms with Gasteiger partial charge in [0.05, 0.1) is 16.8 Å². The van der Waals surface area contributed by atoms with Gasteiger partial charge in [0.15, 0.2) is 5.16 Å². The van der Waals surface area contributed by atoms with Crippen molar-refractivity contribution in [1.82, 2.24) is 19.8 Å². The van der Waals surface area contributed by atoms with Gasteiger partial charge < -0.3 is 10.2 Å². The third-order valence-electron chi connectivity index (χ3n) is 6.32. The lowest BCUT2D eigenvalue weighted by atomic mass is 9.98. The molecule has 178 valence electrons. The van der Waals surface area contributed by atoms with E-state index in [2.05, 4.69) is 5.32 Å². The number of aromatic nitrogens is 2. The van der Waals surface area contributed by atoms with E-state index in [1.54, 1.807) is 34.7 Å². The van der Waals surface area contributed by atoms with Crippen molar-refractivity contribution < 1.29 is 9.59 Å². The highest BCUT2D eigenvalue weighted by molar-refractivity contribution is 8.00. The van der Waals surface area contributed by atoms with Gasteiger partial charge in [-0.3, -0.25) is 19.0 Å². The highest BCUT2D eigenvalue weighted by atomic mass is 35.5. The molecule has 1 aliphatic heterocycles. The second-order valence-electron chi connectivity index (χ2n) is 8.46. The minimum Gasteiger partial charge on any atom is -0.359 e. The fourth-order valence-electron chi connectivity index (χ4n) is 4.36. The molecule has 0 spiro atoms. The lowest BCUT2D eigenvalue weighted by Crippen LogP contribution is -2.43. The second kappa shape index (κ2) is 9.80. The van der Waals surface area contributed by atoms with Crippen molar-refractivity contribution in [2.45, 2.75) is 36.7 Å². The van der Waals surface area contributed by atoms with Crippen LogP contribution in [0, 0.1) is 5.92 Å². The molecule has 1 fully saturated rings. The van der Waals surface area contributed by atoms with Gasteiger partial charge in [-0.05, 0) is 44.0 Å². The molecular formula is C25H27ClN4O3S. The summed E-state index contributed by atoms with van der Waals surface area (Å²) < 4.78 is 0.532. The largest absolute Gasteiger partial charge is 0.359 e. The molecule has 0 bridgehead atoms. The van der Waals surface area contributed by atoms with Crippen molar-refractivity contribution in [2.75, 3.05) is 20.1 Å². The SMILES string of the molecule is CCn1c(SC(C)(C(=O)N2CC[C@H](C(=O)NC)C2)c2ccccc2)nc2ccc(Cl)cc2c1=O. The van der Waals surface area contributed by atoms with E-state index in [1.165, 1.54) is 11.8 Å². The number of amides is 2. The number of hydrogen-bond acceptors (Lipinski definition) is 5. The van der Waals surface area contributed by atoms with E-state index in [0.717, 1.165) is 5.56 Å². The Kier molecular flexibility index (Phi) is 7.00. The zero-order chi connectivity index (χ0) is 24.5. The fourth-order valence-corrected chi connectivity index (χ4v) is 5.83. The van der Waals surface area contributed by atoms with Gasteiger partial charge in [-0.15, -0.1) is 0 Å². The fraction of sp³-hybridized carbons (Fsp3) is 0.360. The molecule has 1 N–H and O–H groups in total. The molecule has 1 aliphatic rings. The number of benzene rings is 2. The zero-order valence-corrected chi connectivity index (χ0v) is 20.9. The summed E-state index contributed by atoms with van der Waals surface area (Å²) in [7, 11) is 1.61. The first-order valence-electron chi connectivity index (χ1n) is 11.2. The Morgan fingerprint density at radius 2 is 1.97 bits per heavy atom. The van der Waals surface area contributed by atoms with Crippen molar-refractivity contribution >= 4 is 46.1 Å². The molecule has 34 heavy (non-hydrogen) atoms. The number of rotatable bonds is 6. The van der Waals surface area contributed by atoms with Crippen LogP contribution in [0.25, 0.3) is 10.9 Å². The van der Waals surface area contributed by atoms with Gasteiger partial charge in [-0.2, -0.15) is 0 Å². The summed E-state index contributed by atoms with van der Waals surface area (Å²) in [5, 5.41) is 4.06. The van der Waals surface area contributed by atoms with Crippen LogP contribution in [-0.4, -0.2) is 46.4 Å². The molecule has 2 amide bonds. The van der Waals surface area contributed by atoms with Crippen LogP contribution >= 0.6 is 23.4 Å². The number of thioether (sulfide) groups is 1. The average molecular weight is 499 g/mol. The lowest BCUT2D eigenvalue weighted by molar-refractivity contribution is -0.133. The Balaban J connectivity index is 1.78. The van der Waals surface area contributed by atoms with Crippen molar-refractivity contribution in [3.05, 3.63) is 69.5 Å². The number of nitrogens with zero attached hydrogens (tertiary/aromatic N) is 3. The van der Waals surface area contributed by atoms with Gasteiger partial charge >= 0.3 is 0 Å². The molecule has 2 aromatic carbocycles. The molecule has 0 saturated carbocycles. The molecule has 0 radical (unpaired) electrons.